The summed E-state index contributed by atoms with van der Waals surface area (Å²) in [4.78, 5) is 25.0. The van der Waals surface area contributed by atoms with Gasteiger partial charge in [0, 0.05) is 17.4 Å². The molecule has 0 bridgehead atoms. The van der Waals surface area contributed by atoms with Crippen molar-refractivity contribution < 1.29 is 9.59 Å². The highest BCUT2D eigenvalue weighted by Gasteiger charge is 2.24. The SMILES string of the molecule is O=C(Nc1ccc(NC(=O)C(c2ccccc2)c2ccccc2)cc1)NC1CC1. The summed E-state index contributed by atoms with van der Waals surface area (Å²) in [6.45, 7) is 0. The van der Waals surface area contributed by atoms with Crippen LogP contribution in [0.3, 0.4) is 0 Å². The lowest BCUT2D eigenvalue weighted by Gasteiger charge is -2.18. The maximum Gasteiger partial charge on any atom is 0.319 e. The lowest BCUT2D eigenvalue weighted by Crippen LogP contribution is -2.30. The van der Waals surface area contributed by atoms with Crippen LogP contribution in [0.15, 0.2) is 84.9 Å². The molecule has 5 nitrogen and oxygen atoms in total. The van der Waals surface area contributed by atoms with E-state index < -0.39 is 5.92 Å². The van der Waals surface area contributed by atoms with Gasteiger partial charge in [-0.1, -0.05) is 60.7 Å². The minimum atomic E-state index is -0.403. The molecule has 146 valence electrons. The van der Waals surface area contributed by atoms with Gasteiger partial charge in [-0.3, -0.25) is 4.79 Å². The lowest BCUT2D eigenvalue weighted by molar-refractivity contribution is -0.116. The molecule has 29 heavy (non-hydrogen) atoms. The van der Waals surface area contributed by atoms with Crippen LogP contribution >= 0.6 is 0 Å². The number of carbonyl (C=O) groups is 2. The maximum absolute atomic E-state index is 13.1. The zero-order valence-electron chi connectivity index (χ0n) is 16.0. The summed E-state index contributed by atoms with van der Waals surface area (Å²) >= 11 is 0. The first kappa shape index (κ1) is 18.7. The third-order valence-electron chi connectivity index (χ3n) is 4.85. The number of anilines is 2. The van der Waals surface area contributed by atoms with Gasteiger partial charge in [0.1, 0.15) is 0 Å². The average Bonchev–Trinajstić information content (AvgIpc) is 3.55. The van der Waals surface area contributed by atoms with E-state index in [1.165, 1.54) is 0 Å². The van der Waals surface area contributed by atoms with Crippen LogP contribution in [0.2, 0.25) is 0 Å². The molecule has 0 radical (unpaired) electrons. The van der Waals surface area contributed by atoms with Crippen molar-refractivity contribution >= 4 is 23.3 Å². The average molecular weight is 385 g/mol. The van der Waals surface area contributed by atoms with Gasteiger partial charge in [0.05, 0.1) is 5.92 Å². The molecule has 3 aromatic rings. The third kappa shape index (κ3) is 5.02. The normalized spacial score (nSPS) is 13.0. The number of benzene rings is 3. The van der Waals surface area contributed by atoms with E-state index in [2.05, 4.69) is 16.0 Å². The van der Waals surface area contributed by atoms with Gasteiger partial charge in [0.2, 0.25) is 5.91 Å². The van der Waals surface area contributed by atoms with E-state index in [0.717, 1.165) is 24.0 Å². The van der Waals surface area contributed by atoms with Crippen LogP contribution in [0.1, 0.15) is 29.9 Å². The first-order chi connectivity index (χ1) is 14.2. The van der Waals surface area contributed by atoms with Gasteiger partial charge < -0.3 is 16.0 Å². The molecule has 0 aromatic heterocycles. The quantitative estimate of drug-likeness (QED) is 0.573. The van der Waals surface area contributed by atoms with Crippen LogP contribution in [-0.2, 0) is 4.79 Å². The van der Waals surface area contributed by atoms with Crippen LogP contribution in [0.5, 0.6) is 0 Å². The largest absolute Gasteiger partial charge is 0.335 e. The molecule has 1 saturated carbocycles. The standard InChI is InChI=1S/C24H23N3O2/c28-23(22(17-7-3-1-4-8-17)18-9-5-2-6-10-18)25-19-11-13-20(14-12-19)26-24(29)27-21-15-16-21/h1-14,21-22H,15-16H2,(H,25,28)(H2,26,27,29). The van der Waals surface area contributed by atoms with Crippen LogP contribution in [0.4, 0.5) is 16.2 Å². The molecule has 5 heteroatoms. The van der Waals surface area contributed by atoms with Crippen molar-refractivity contribution in [2.75, 3.05) is 10.6 Å². The summed E-state index contributed by atoms with van der Waals surface area (Å²) in [6.07, 6.45) is 2.09. The van der Waals surface area contributed by atoms with Gasteiger partial charge in [-0.2, -0.15) is 0 Å². The van der Waals surface area contributed by atoms with Gasteiger partial charge in [-0.25, -0.2) is 4.79 Å². The van der Waals surface area contributed by atoms with E-state index >= 15 is 0 Å². The highest BCUT2D eigenvalue weighted by molar-refractivity contribution is 5.98. The Hall–Kier alpha value is -3.60. The summed E-state index contributed by atoms with van der Waals surface area (Å²) in [5.41, 5.74) is 3.24. The first-order valence-electron chi connectivity index (χ1n) is 9.77. The highest BCUT2D eigenvalue weighted by Crippen LogP contribution is 2.26. The predicted molar refractivity (Wildman–Crippen MR) is 115 cm³/mol. The predicted octanol–water partition coefficient (Wildman–Crippen LogP) is 4.74. The van der Waals surface area contributed by atoms with E-state index in [9.17, 15) is 9.59 Å². The molecule has 1 aliphatic carbocycles. The van der Waals surface area contributed by atoms with Gasteiger partial charge in [0.25, 0.3) is 0 Å². The van der Waals surface area contributed by atoms with Crippen LogP contribution < -0.4 is 16.0 Å². The second-order valence-electron chi connectivity index (χ2n) is 7.19. The lowest BCUT2D eigenvalue weighted by atomic mass is 9.90. The summed E-state index contributed by atoms with van der Waals surface area (Å²) in [5.74, 6) is -0.505. The topological polar surface area (TPSA) is 70.2 Å². The van der Waals surface area contributed by atoms with Crippen molar-refractivity contribution in [1.82, 2.24) is 5.32 Å². The number of amides is 3. The Morgan fingerprint density at radius 1 is 0.690 bits per heavy atom. The molecule has 1 fully saturated rings. The summed E-state index contributed by atoms with van der Waals surface area (Å²) in [6, 6.07) is 26.7. The molecule has 0 spiro atoms. The monoisotopic (exact) mass is 385 g/mol. The first-order valence-corrected chi connectivity index (χ1v) is 9.77. The van der Waals surface area contributed by atoms with Gasteiger partial charge in [-0.05, 0) is 48.2 Å². The fraction of sp³-hybridized carbons (Fsp3) is 0.167. The maximum atomic E-state index is 13.1. The molecule has 4 rings (SSSR count). The zero-order chi connectivity index (χ0) is 20.1. The number of hydrogen-bond donors (Lipinski definition) is 3. The molecule has 3 N–H and O–H groups in total. The summed E-state index contributed by atoms with van der Waals surface area (Å²) in [5, 5.41) is 8.68. The minimum Gasteiger partial charge on any atom is -0.335 e. The van der Waals surface area contributed by atoms with E-state index in [1.54, 1.807) is 24.3 Å². The van der Waals surface area contributed by atoms with E-state index in [4.69, 9.17) is 0 Å². The molecule has 0 atom stereocenters. The molecular weight excluding hydrogens is 362 g/mol. The molecule has 3 amide bonds. The van der Waals surface area contributed by atoms with Crippen LogP contribution in [-0.4, -0.2) is 18.0 Å². The Morgan fingerprint density at radius 3 is 1.66 bits per heavy atom. The smallest absolute Gasteiger partial charge is 0.319 e. The Bertz CT molecular complexity index is 929. The molecular formula is C24H23N3O2. The van der Waals surface area contributed by atoms with Crippen molar-refractivity contribution in [3.05, 3.63) is 96.1 Å². The van der Waals surface area contributed by atoms with Crippen molar-refractivity contribution in [1.29, 1.82) is 0 Å². The fourth-order valence-corrected chi connectivity index (χ4v) is 3.22. The minimum absolute atomic E-state index is 0.102. The number of rotatable bonds is 6. The van der Waals surface area contributed by atoms with Gasteiger partial charge >= 0.3 is 6.03 Å². The Balaban J connectivity index is 1.46. The highest BCUT2D eigenvalue weighted by atomic mass is 16.2. The Kier molecular flexibility index (Phi) is 5.56. The van der Waals surface area contributed by atoms with E-state index in [0.29, 0.717) is 17.4 Å². The number of urea groups is 1. The molecule has 0 unspecified atom stereocenters. The zero-order valence-corrected chi connectivity index (χ0v) is 16.0. The summed E-state index contributed by atoms with van der Waals surface area (Å²) < 4.78 is 0. The van der Waals surface area contributed by atoms with E-state index in [1.807, 2.05) is 60.7 Å². The van der Waals surface area contributed by atoms with Gasteiger partial charge in [0.15, 0.2) is 0 Å². The number of hydrogen-bond acceptors (Lipinski definition) is 2. The molecule has 3 aromatic carbocycles. The van der Waals surface area contributed by atoms with E-state index in [-0.39, 0.29) is 11.9 Å². The number of carbonyl (C=O) groups excluding carboxylic acids is 2. The Labute approximate surface area is 170 Å². The van der Waals surface area contributed by atoms with Crippen molar-refractivity contribution in [3.63, 3.8) is 0 Å². The van der Waals surface area contributed by atoms with Gasteiger partial charge in [-0.15, -0.1) is 0 Å². The van der Waals surface area contributed by atoms with Crippen LogP contribution in [0.25, 0.3) is 0 Å². The van der Waals surface area contributed by atoms with Crippen molar-refractivity contribution in [2.45, 2.75) is 24.8 Å². The molecule has 0 aliphatic heterocycles. The molecule has 0 heterocycles. The summed E-state index contributed by atoms with van der Waals surface area (Å²) in [7, 11) is 0. The fourth-order valence-electron chi connectivity index (χ4n) is 3.22. The number of nitrogens with one attached hydrogen (secondary N) is 3. The second-order valence-corrected chi connectivity index (χ2v) is 7.19. The molecule has 0 saturated heterocycles. The van der Waals surface area contributed by atoms with Crippen LogP contribution in [0, 0.1) is 0 Å². The van der Waals surface area contributed by atoms with Crippen molar-refractivity contribution in [2.24, 2.45) is 0 Å². The Morgan fingerprint density at radius 2 is 1.17 bits per heavy atom. The second kappa shape index (κ2) is 8.61. The molecule has 1 aliphatic rings. The third-order valence-corrected chi connectivity index (χ3v) is 4.85. The van der Waals surface area contributed by atoms with Crippen molar-refractivity contribution in [3.8, 4) is 0 Å².